The number of rotatable bonds is 5. The first-order valence-corrected chi connectivity index (χ1v) is 9.43. The molecule has 0 aliphatic carbocycles. The highest BCUT2D eigenvalue weighted by atomic mass is 16.5. The van der Waals surface area contributed by atoms with Gasteiger partial charge in [0.25, 0.3) is 0 Å². The molecule has 1 nitrogen and oxygen atoms in total. The topological polar surface area (TPSA) is 9.23 Å². The predicted molar refractivity (Wildman–Crippen MR) is 99.3 cm³/mol. The molecular formula is C21H29BO. The van der Waals surface area contributed by atoms with Crippen molar-refractivity contribution in [2.45, 2.75) is 69.3 Å². The monoisotopic (exact) mass is 308 g/mol. The maximum Gasteiger partial charge on any atom is 0.146 e. The third-order valence-corrected chi connectivity index (χ3v) is 5.92. The van der Waals surface area contributed by atoms with Crippen molar-refractivity contribution in [1.29, 1.82) is 0 Å². The van der Waals surface area contributed by atoms with Crippen LogP contribution in [0.2, 0.25) is 18.0 Å². The summed E-state index contributed by atoms with van der Waals surface area (Å²) in [6, 6.07) is 8.79. The molecule has 1 aromatic rings. The van der Waals surface area contributed by atoms with Gasteiger partial charge in [-0.1, -0.05) is 86.9 Å². The van der Waals surface area contributed by atoms with E-state index >= 15 is 0 Å². The summed E-state index contributed by atoms with van der Waals surface area (Å²) >= 11 is 0. The lowest BCUT2D eigenvalue weighted by atomic mass is 9.26. The van der Waals surface area contributed by atoms with Crippen LogP contribution in [0, 0.1) is 11.8 Å². The second kappa shape index (κ2) is 8.60. The van der Waals surface area contributed by atoms with Crippen LogP contribution in [0.5, 0.6) is 0 Å². The third-order valence-electron chi connectivity index (χ3n) is 5.92. The van der Waals surface area contributed by atoms with Crippen molar-refractivity contribution in [2.75, 3.05) is 13.7 Å². The smallest absolute Gasteiger partial charge is 0.146 e. The second-order valence-corrected chi connectivity index (χ2v) is 7.37. The Hall–Kier alpha value is -1.20. The molecule has 0 unspecified atom stereocenters. The van der Waals surface area contributed by atoms with Gasteiger partial charge in [0, 0.05) is 12.7 Å². The van der Waals surface area contributed by atoms with E-state index in [1.54, 1.807) is 7.11 Å². The van der Waals surface area contributed by atoms with Gasteiger partial charge in [-0.05, 0) is 24.1 Å². The van der Waals surface area contributed by atoms with Gasteiger partial charge in [0.05, 0.1) is 0 Å². The number of hydrogen-bond donors (Lipinski definition) is 0. The van der Waals surface area contributed by atoms with E-state index in [1.165, 1.54) is 63.3 Å². The quantitative estimate of drug-likeness (QED) is 0.535. The summed E-state index contributed by atoms with van der Waals surface area (Å²) < 4.78 is 4.96. The minimum Gasteiger partial charge on any atom is -0.372 e. The molecule has 2 heterocycles. The molecule has 2 aliphatic rings. The molecule has 2 aliphatic heterocycles. The van der Waals surface area contributed by atoms with Gasteiger partial charge in [-0.2, -0.15) is 0 Å². The van der Waals surface area contributed by atoms with Crippen molar-refractivity contribution in [1.82, 2.24) is 0 Å². The summed E-state index contributed by atoms with van der Waals surface area (Å²) in [5, 5.41) is 0. The van der Waals surface area contributed by atoms with E-state index in [0.717, 1.165) is 23.9 Å². The Morgan fingerprint density at radius 3 is 2.30 bits per heavy atom. The number of fused-ring (bicyclic) bond motifs is 2. The van der Waals surface area contributed by atoms with Crippen molar-refractivity contribution in [2.24, 2.45) is 0 Å². The molecule has 0 aromatic heterocycles. The number of methoxy groups -OCH3 is 1. The molecule has 122 valence electrons. The van der Waals surface area contributed by atoms with Gasteiger partial charge in [-0.25, -0.2) is 0 Å². The number of benzene rings is 1. The average Bonchev–Trinajstić information content (AvgIpc) is 2.56. The second-order valence-electron chi connectivity index (χ2n) is 7.37. The van der Waals surface area contributed by atoms with Gasteiger partial charge in [-0.3, -0.25) is 0 Å². The molecule has 0 N–H and O–H groups in total. The fraction of sp³-hybridized carbons (Fsp3) is 0.619. The average molecular weight is 308 g/mol. The summed E-state index contributed by atoms with van der Waals surface area (Å²) in [5.74, 6) is 8.25. The molecule has 2 fully saturated rings. The summed E-state index contributed by atoms with van der Waals surface area (Å²) in [6.07, 6.45) is 13.1. The zero-order chi connectivity index (χ0) is 15.9. The number of ether oxygens (including phenoxy) is 1. The number of hydrogen-bond acceptors (Lipinski definition) is 1. The Bertz CT molecular complexity index is 517. The lowest BCUT2D eigenvalue weighted by Crippen LogP contribution is -2.34. The zero-order valence-corrected chi connectivity index (χ0v) is 14.5. The fourth-order valence-electron chi connectivity index (χ4n) is 4.79. The van der Waals surface area contributed by atoms with Crippen LogP contribution in [0.1, 0.15) is 56.1 Å². The van der Waals surface area contributed by atoms with Crippen LogP contribution in [0.25, 0.3) is 0 Å². The molecule has 23 heavy (non-hydrogen) atoms. The first-order chi connectivity index (χ1) is 11.4. The Balaban J connectivity index is 1.46. The zero-order valence-electron chi connectivity index (χ0n) is 14.5. The van der Waals surface area contributed by atoms with E-state index in [1.807, 2.05) is 0 Å². The van der Waals surface area contributed by atoms with E-state index in [2.05, 4.69) is 36.1 Å². The molecule has 0 atom stereocenters. The van der Waals surface area contributed by atoms with E-state index in [0.29, 0.717) is 6.61 Å². The summed E-state index contributed by atoms with van der Waals surface area (Å²) in [7, 11) is 1.68. The van der Waals surface area contributed by atoms with Gasteiger partial charge >= 0.3 is 0 Å². The molecule has 2 heteroatoms. The van der Waals surface area contributed by atoms with E-state index in [9.17, 15) is 0 Å². The van der Waals surface area contributed by atoms with Crippen molar-refractivity contribution in [3.8, 4) is 11.8 Å². The highest BCUT2D eigenvalue weighted by Gasteiger charge is 2.38. The maximum atomic E-state index is 4.96. The highest BCUT2D eigenvalue weighted by Crippen LogP contribution is 2.48. The molecule has 0 amide bonds. The summed E-state index contributed by atoms with van der Waals surface area (Å²) in [4.78, 5) is 0. The summed E-state index contributed by atoms with van der Waals surface area (Å²) in [6.45, 7) is 1.54. The Kier molecular flexibility index (Phi) is 6.23. The van der Waals surface area contributed by atoms with Gasteiger partial charge in [-0.15, -0.1) is 0 Å². The fourth-order valence-corrected chi connectivity index (χ4v) is 4.79. The van der Waals surface area contributed by atoms with Crippen LogP contribution in [-0.2, 0) is 11.2 Å². The largest absolute Gasteiger partial charge is 0.372 e. The van der Waals surface area contributed by atoms with Crippen molar-refractivity contribution < 1.29 is 4.74 Å². The van der Waals surface area contributed by atoms with Crippen LogP contribution < -0.4 is 0 Å². The third kappa shape index (κ3) is 4.64. The highest BCUT2D eigenvalue weighted by molar-refractivity contribution is 6.62. The van der Waals surface area contributed by atoms with Gasteiger partial charge in [0.2, 0.25) is 0 Å². The minimum atomic E-state index is 0.505. The Labute approximate surface area is 142 Å². The SMILES string of the molecule is COCC#Cc1ccc(CCCB2C3CCCC2CCC3)cc1. The van der Waals surface area contributed by atoms with Gasteiger partial charge in [0.15, 0.2) is 0 Å². The molecular weight excluding hydrogens is 279 g/mol. The Morgan fingerprint density at radius 2 is 1.70 bits per heavy atom. The molecule has 1 aromatic carbocycles. The van der Waals surface area contributed by atoms with Crippen molar-refractivity contribution >= 4 is 6.71 Å². The molecule has 3 rings (SSSR count). The molecule has 2 bridgehead atoms. The summed E-state index contributed by atoms with van der Waals surface area (Å²) in [5.41, 5.74) is 2.55. The molecule has 0 saturated carbocycles. The first-order valence-electron chi connectivity index (χ1n) is 9.43. The minimum absolute atomic E-state index is 0.505. The lowest BCUT2D eigenvalue weighted by Gasteiger charge is -2.40. The molecule has 0 radical (unpaired) electrons. The van der Waals surface area contributed by atoms with Crippen molar-refractivity contribution in [3.05, 3.63) is 35.4 Å². The number of aryl methyl sites for hydroxylation is 1. The van der Waals surface area contributed by atoms with Gasteiger partial charge < -0.3 is 4.74 Å². The van der Waals surface area contributed by atoms with Crippen LogP contribution in [0.3, 0.4) is 0 Å². The van der Waals surface area contributed by atoms with Crippen LogP contribution in [0.15, 0.2) is 24.3 Å². The van der Waals surface area contributed by atoms with E-state index < -0.39 is 0 Å². The van der Waals surface area contributed by atoms with Gasteiger partial charge in [0.1, 0.15) is 13.3 Å². The van der Waals surface area contributed by atoms with Crippen LogP contribution in [0.4, 0.5) is 0 Å². The predicted octanol–water partition coefficient (Wildman–Crippen LogP) is 5.22. The van der Waals surface area contributed by atoms with Crippen LogP contribution in [-0.4, -0.2) is 20.4 Å². The van der Waals surface area contributed by atoms with Crippen molar-refractivity contribution in [3.63, 3.8) is 0 Å². The molecule has 2 saturated heterocycles. The van der Waals surface area contributed by atoms with E-state index in [4.69, 9.17) is 4.74 Å². The van der Waals surface area contributed by atoms with Crippen LogP contribution >= 0.6 is 0 Å². The standard InChI is InChI=1S/C21H29BO/c1-23-17-5-7-19-14-12-18(13-15-19)6-4-16-22-20-8-2-9-21(22)11-3-10-20/h12-15,20-21H,2-4,6,8-11,16-17H2,1H3. The maximum absolute atomic E-state index is 4.96. The molecule has 0 spiro atoms. The first kappa shape index (κ1) is 16.7. The lowest BCUT2D eigenvalue weighted by molar-refractivity contribution is 0.240. The van der Waals surface area contributed by atoms with E-state index in [-0.39, 0.29) is 0 Å². The Morgan fingerprint density at radius 1 is 1.04 bits per heavy atom. The normalized spacial score (nSPS) is 23.3.